The molecule has 2 aromatic carbocycles. The first-order chi connectivity index (χ1) is 15.0. The van der Waals surface area contributed by atoms with E-state index in [4.69, 9.17) is 11.6 Å². The summed E-state index contributed by atoms with van der Waals surface area (Å²) in [5.74, 6) is 0.381. The number of aromatic nitrogens is 4. The quantitative estimate of drug-likeness (QED) is 0.607. The van der Waals surface area contributed by atoms with Crippen LogP contribution in [-0.4, -0.2) is 43.5 Å². The summed E-state index contributed by atoms with van der Waals surface area (Å²) in [5.41, 5.74) is 2.42. The molecule has 1 aliphatic rings. The molecule has 2 amide bonds. The van der Waals surface area contributed by atoms with Gasteiger partial charge in [-0.1, -0.05) is 30.7 Å². The Morgan fingerprint density at radius 1 is 1.23 bits per heavy atom. The van der Waals surface area contributed by atoms with Crippen molar-refractivity contribution in [2.75, 3.05) is 11.9 Å². The number of nitrogens with zero attached hydrogens (tertiary/aromatic N) is 5. The maximum Gasteiger partial charge on any atom is 0.251 e. The fourth-order valence-electron chi connectivity index (χ4n) is 3.59. The third-order valence-corrected chi connectivity index (χ3v) is 5.49. The van der Waals surface area contributed by atoms with Crippen molar-refractivity contribution in [3.05, 3.63) is 59.1 Å². The van der Waals surface area contributed by atoms with Gasteiger partial charge in [0.15, 0.2) is 6.04 Å². The number of hydrogen-bond donors (Lipinski definition) is 1. The minimum Gasteiger partial charge on any atom is -0.338 e. The molecule has 1 N–H and O–H groups in total. The zero-order chi connectivity index (χ0) is 21.8. The fourth-order valence-corrected chi connectivity index (χ4v) is 3.72. The van der Waals surface area contributed by atoms with Crippen LogP contribution in [0.5, 0.6) is 0 Å². The SMILES string of the molecule is CCC(C(=O)Nc1cccc(CN2CCCC2=O)c1)n1nnc(-c2ccc(Cl)cc2)n1. The van der Waals surface area contributed by atoms with Crippen molar-refractivity contribution in [3.8, 4) is 11.4 Å². The average Bonchev–Trinajstić information content (AvgIpc) is 3.39. The minimum atomic E-state index is -0.600. The van der Waals surface area contributed by atoms with Crippen LogP contribution in [0.2, 0.25) is 5.02 Å². The molecule has 9 heteroatoms. The van der Waals surface area contributed by atoms with E-state index < -0.39 is 6.04 Å². The number of likely N-dealkylation sites (tertiary alicyclic amines) is 1. The summed E-state index contributed by atoms with van der Waals surface area (Å²) in [6.07, 6.45) is 2.01. The van der Waals surface area contributed by atoms with Crippen molar-refractivity contribution < 1.29 is 9.59 Å². The van der Waals surface area contributed by atoms with Gasteiger partial charge in [0.2, 0.25) is 11.7 Å². The average molecular weight is 439 g/mol. The highest BCUT2D eigenvalue weighted by atomic mass is 35.5. The Bertz CT molecular complexity index is 1080. The molecule has 4 rings (SSSR count). The normalized spacial score (nSPS) is 14.6. The molecule has 1 aromatic heterocycles. The van der Waals surface area contributed by atoms with Gasteiger partial charge in [0.1, 0.15) is 0 Å². The summed E-state index contributed by atoms with van der Waals surface area (Å²) in [6, 6.07) is 14.1. The Morgan fingerprint density at radius 3 is 2.74 bits per heavy atom. The van der Waals surface area contributed by atoms with Crippen LogP contribution < -0.4 is 5.32 Å². The van der Waals surface area contributed by atoms with Crippen molar-refractivity contribution in [2.24, 2.45) is 0 Å². The smallest absolute Gasteiger partial charge is 0.251 e. The Hall–Kier alpha value is -3.26. The van der Waals surface area contributed by atoms with Crippen LogP contribution in [0.4, 0.5) is 5.69 Å². The first-order valence-corrected chi connectivity index (χ1v) is 10.6. The molecule has 2 heterocycles. The van der Waals surface area contributed by atoms with Crippen molar-refractivity contribution in [2.45, 2.75) is 38.8 Å². The summed E-state index contributed by atoms with van der Waals surface area (Å²) in [5, 5.41) is 16.1. The Morgan fingerprint density at radius 2 is 2.03 bits per heavy atom. The Labute approximate surface area is 185 Å². The van der Waals surface area contributed by atoms with Gasteiger partial charge >= 0.3 is 0 Å². The molecule has 0 bridgehead atoms. The molecular weight excluding hydrogens is 416 g/mol. The standard InChI is InChI=1S/C22H23ClN6O2/c1-2-19(29-26-21(25-27-29)16-8-10-17(23)11-9-16)22(31)24-18-6-3-5-15(13-18)14-28-12-4-7-20(28)30/h3,5-6,8-11,13,19H,2,4,7,12,14H2,1H3,(H,24,31). The third-order valence-electron chi connectivity index (χ3n) is 5.24. The second-order valence-electron chi connectivity index (χ2n) is 7.47. The Balaban J connectivity index is 1.45. The molecule has 0 spiro atoms. The molecule has 0 aliphatic carbocycles. The summed E-state index contributed by atoms with van der Waals surface area (Å²) < 4.78 is 0. The summed E-state index contributed by atoms with van der Waals surface area (Å²) in [6.45, 7) is 3.22. The van der Waals surface area contributed by atoms with Crippen molar-refractivity contribution in [3.63, 3.8) is 0 Å². The van der Waals surface area contributed by atoms with E-state index in [2.05, 4.69) is 20.7 Å². The number of carbonyl (C=O) groups is 2. The highest BCUT2D eigenvalue weighted by molar-refractivity contribution is 6.30. The van der Waals surface area contributed by atoms with E-state index in [9.17, 15) is 9.59 Å². The molecular formula is C22H23ClN6O2. The van der Waals surface area contributed by atoms with Gasteiger partial charge in [-0.25, -0.2) is 0 Å². The molecule has 1 saturated heterocycles. The monoisotopic (exact) mass is 438 g/mol. The number of amides is 2. The van der Waals surface area contributed by atoms with Crippen LogP contribution in [0.1, 0.15) is 37.8 Å². The first kappa shape index (κ1) is 21.0. The van der Waals surface area contributed by atoms with Gasteiger partial charge in [-0.05, 0) is 60.0 Å². The lowest BCUT2D eigenvalue weighted by atomic mass is 10.1. The van der Waals surface area contributed by atoms with Gasteiger partial charge in [-0.3, -0.25) is 9.59 Å². The first-order valence-electron chi connectivity index (χ1n) is 10.3. The molecule has 8 nitrogen and oxygen atoms in total. The summed E-state index contributed by atoms with van der Waals surface area (Å²) in [7, 11) is 0. The highest BCUT2D eigenvalue weighted by Gasteiger charge is 2.23. The number of halogens is 1. The minimum absolute atomic E-state index is 0.175. The predicted octanol–water partition coefficient (Wildman–Crippen LogP) is 3.71. The van der Waals surface area contributed by atoms with Crippen LogP contribution in [0, 0.1) is 0 Å². The lowest BCUT2D eigenvalue weighted by Gasteiger charge is -2.17. The van der Waals surface area contributed by atoms with Crippen molar-refractivity contribution in [1.29, 1.82) is 0 Å². The number of rotatable bonds is 7. The summed E-state index contributed by atoms with van der Waals surface area (Å²) in [4.78, 5) is 28.0. The van der Waals surface area contributed by atoms with Crippen molar-refractivity contribution >= 4 is 29.1 Å². The molecule has 1 unspecified atom stereocenters. The molecule has 1 fully saturated rings. The number of benzene rings is 2. The van der Waals surface area contributed by atoms with Gasteiger partial charge in [0, 0.05) is 35.8 Å². The van der Waals surface area contributed by atoms with Gasteiger partial charge in [0.05, 0.1) is 0 Å². The van der Waals surface area contributed by atoms with E-state index in [-0.39, 0.29) is 11.8 Å². The Kier molecular flexibility index (Phi) is 6.27. The van der Waals surface area contributed by atoms with Crippen LogP contribution in [-0.2, 0) is 16.1 Å². The van der Waals surface area contributed by atoms with Crippen LogP contribution in [0.15, 0.2) is 48.5 Å². The molecule has 1 atom stereocenters. The molecule has 160 valence electrons. The number of hydrogen-bond acceptors (Lipinski definition) is 5. The molecule has 1 aliphatic heterocycles. The zero-order valence-corrected chi connectivity index (χ0v) is 17.9. The van der Waals surface area contributed by atoms with Crippen molar-refractivity contribution in [1.82, 2.24) is 25.1 Å². The van der Waals surface area contributed by atoms with Gasteiger partial charge in [-0.2, -0.15) is 4.80 Å². The topological polar surface area (TPSA) is 93.0 Å². The van der Waals surface area contributed by atoms with E-state index in [1.807, 2.05) is 36.1 Å². The second-order valence-corrected chi connectivity index (χ2v) is 7.91. The zero-order valence-electron chi connectivity index (χ0n) is 17.2. The van der Waals surface area contributed by atoms with E-state index >= 15 is 0 Å². The van der Waals surface area contributed by atoms with Gasteiger partial charge < -0.3 is 10.2 Å². The lowest BCUT2D eigenvalue weighted by Crippen LogP contribution is -2.27. The molecule has 31 heavy (non-hydrogen) atoms. The molecule has 3 aromatic rings. The van der Waals surface area contributed by atoms with Crippen LogP contribution >= 0.6 is 11.6 Å². The third kappa shape index (κ3) is 4.91. The van der Waals surface area contributed by atoms with E-state index in [1.165, 1.54) is 4.80 Å². The number of nitrogens with one attached hydrogen (secondary N) is 1. The maximum absolute atomic E-state index is 12.9. The van der Waals surface area contributed by atoms with Gasteiger partial charge in [-0.15, -0.1) is 10.2 Å². The van der Waals surface area contributed by atoms with E-state index in [0.717, 1.165) is 24.1 Å². The number of carbonyl (C=O) groups excluding carboxylic acids is 2. The second kappa shape index (κ2) is 9.26. The summed E-state index contributed by atoms with van der Waals surface area (Å²) >= 11 is 5.93. The van der Waals surface area contributed by atoms with E-state index in [0.29, 0.717) is 35.9 Å². The largest absolute Gasteiger partial charge is 0.338 e. The fraction of sp³-hybridized carbons (Fsp3) is 0.318. The highest BCUT2D eigenvalue weighted by Crippen LogP contribution is 2.21. The maximum atomic E-state index is 12.9. The van der Waals surface area contributed by atoms with E-state index in [1.54, 1.807) is 24.3 Å². The number of anilines is 1. The molecule has 0 saturated carbocycles. The number of tetrazole rings is 1. The predicted molar refractivity (Wildman–Crippen MR) is 117 cm³/mol. The lowest BCUT2D eigenvalue weighted by molar-refractivity contribution is -0.128. The van der Waals surface area contributed by atoms with Crippen LogP contribution in [0.3, 0.4) is 0 Å². The van der Waals surface area contributed by atoms with Gasteiger partial charge in [0.25, 0.3) is 5.91 Å². The molecule has 0 radical (unpaired) electrons. The van der Waals surface area contributed by atoms with Crippen LogP contribution in [0.25, 0.3) is 11.4 Å².